The van der Waals surface area contributed by atoms with E-state index in [9.17, 15) is 4.79 Å². The molecule has 0 saturated heterocycles. The van der Waals surface area contributed by atoms with Crippen LogP contribution < -0.4 is 5.32 Å². The maximum absolute atomic E-state index is 12.3. The molecule has 6 nitrogen and oxygen atoms in total. The van der Waals surface area contributed by atoms with Crippen molar-refractivity contribution in [2.75, 3.05) is 6.54 Å². The van der Waals surface area contributed by atoms with E-state index in [1.165, 1.54) is 0 Å². The van der Waals surface area contributed by atoms with E-state index in [4.69, 9.17) is 0 Å². The largest absolute Gasteiger partial charge is 0.356 e. The van der Waals surface area contributed by atoms with Gasteiger partial charge in [-0.05, 0) is 34.5 Å². The van der Waals surface area contributed by atoms with Crippen LogP contribution in [0.5, 0.6) is 0 Å². The van der Waals surface area contributed by atoms with Gasteiger partial charge in [0.2, 0.25) is 5.91 Å². The number of amides is 1. The van der Waals surface area contributed by atoms with E-state index in [1.807, 2.05) is 37.0 Å². The SMILES string of the molecule is Cn1cnc(CCNC(=O)C[C@@H](c2ccsc2)n2cccc2)n1. The average molecular weight is 329 g/mol. The highest BCUT2D eigenvalue weighted by atomic mass is 32.1. The average Bonchev–Trinajstić information content (AvgIpc) is 3.28. The molecule has 1 atom stereocenters. The molecule has 0 saturated carbocycles. The number of aromatic nitrogens is 4. The Morgan fingerprint density at radius 1 is 1.39 bits per heavy atom. The molecular weight excluding hydrogens is 310 g/mol. The molecule has 3 aromatic rings. The topological polar surface area (TPSA) is 64.7 Å². The zero-order chi connectivity index (χ0) is 16.1. The van der Waals surface area contributed by atoms with Gasteiger partial charge in [0.25, 0.3) is 0 Å². The van der Waals surface area contributed by atoms with Crippen LogP contribution in [0, 0.1) is 0 Å². The van der Waals surface area contributed by atoms with Crippen molar-refractivity contribution in [3.8, 4) is 0 Å². The molecule has 7 heteroatoms. The zero-order valence-electron chi connectivity index (χ0n) is 12.9. The first-order valence-corrected chi connectivity index (χ1v) is 8.42. The molecule has 0 bridgehead atoms. The predicted octanol–water partition coefficient (Wildman–Crippen LogP) is 2.02. The van der Waals surface area contributed by atoms with Gasteiger partial charge in [-0.2, -0.15) is 16.4 Å². The molecule has 0 spiro atoms. The van der Waals surface area contributed by atoms with Crippen molar-refractivity contribution in [2.24, 2.45) is 7.05 Å². The van der Waals surface area contributed by atoms with Crippen molar-refractivity contribution in [3.05, 3.63) is 59.1 Å². The van der Waals surface area contributed by atoms with Crippen molar-refractivity contribution in [2.45, 2.75) is 18.9 Å². The number of thiophene rings is 1. The summed E-state index contributed by atoms with van der Waals surface area (Å²) in [5.74, 6) is 0.776. The second-order valence-electron chi connectivity index (χ2n) is 5.34. The van der Waals surface area contributed by atoms with Crippen LogP contribution in [0.1, 0.15) is 23.9 Å². The first-order chi connectivity index (χ1) is 11.2. The molecule has 23 heavy (non-hydrogen) atoms. The standard InChI is InChI=1S/C16H19N5OS/c1-20-12-18-15(19-20)4-6-17-16(22)10-14(13-5-9-23-11-13)21-7-2-3-8-21/h2-3,5,7-9,11-12,14H,4,6,10H2,1H3,(H,17,22)/t14-/m0/s1. The lowest BCUT2D eigenvalue weighted by atomic mass is 10.1. The van der Waals surface area contributed by atoms with E-state index in [1.54, 1.807) is 22.3 Å². The summed E-state index contributed by atoms with van der Waals surface area (Å²) in [7, 11) is 1.83. The van der Waals surface area contributed by atoms with Crippen molar-refractivity contribution in [1.29, 1.82) is 0 Å². The van der Waals surface area contributed by atoms with E-state index in [2.05, 4.69) is 31.4 Å². The highest BCUT2D eigenvalue weighted by molar-refractivity contribution is 7.07. The fourth-order valence-electron chi connectivity index (χ4n) is 2.48. The summed E-state index contributed by atoms with van der Waals surface area (Å²) in [5.41, 5.74) is 1.16. The number of nitrogens with zero attached hydrogens (tertiary/aromatic N) is 4. The van der Waals surface area contributed by atoms with Crippen LogP contribution in [0.25, 0.3) is 0 Å². The van der Waals surface area contributed by atoms with Crippen LogP contribution in [-0.4, -0.2) is 31.8 Å². The number of carbonyl (C=O) groups excluding carboxylic acids is 1. The van der Waals surface area contributed by atoms with Gasteiger partial charge in [0.1, 0.15) is 6.33 Å². The fourth-order valence-corrected chi connectivity index (χ4v) is 3.18. The van der Waals surface area contributed by atoms with Gasteiger partial charge in [-0.3, -0.25) is 9.48 Å². The summed E-state index contributed by atoms with van der Waals surface area (Å²) in [6.07, 6.45) is 6.71. The summed E-state index contributed by atoms with van der Waals surface area (Å²) >= 11 is 1.65. The molecule has 3 aromatic heterocycles. The normalized spacial score (nSPS) is 12.2. The fraction of sp³-hybridized carbons (Fsp3) is 0.312. The summed E-state index contributed by atoms with van der Waals surface area (Å²) < 4.78 is 3.73. The third kappa shape index (κ3) is 4.07. The first-order valence-electron chi connectivity index (χ1n) is 7.48. The second-order valence-corrected chi connectivity index (χ2v) is 6.12. The Hall–Kier alpha value is -2.41. The van der Waals surface area contributed by atoms with Crippen LogP contribution in [0.4, 0.5) is 0 Å². The predicted molar refractivity (Wildman–Crippen MR) is 89.2 cm³/mol. The molecule has 3 rings (SSSR count). The number of nitrogens with one attached hydrogen (secondary N) is 1. The van der Waals surface area contributed by atoms with E-state index in [0.29, 0.717) is 19.4 Å². The van der Waals surface area contributed by atoms with Crippen molar-refractivity contribution in [3.63, 3.8) is 0 Å². The molecule has 0 aliphatic carbocycles. The minimum Gasteiger partial charge on any atom is -0.356 e. The van der Waals surface area contributed by atoms with Crippen molar-refractivity contribution < 1.29 is 4.79 Å². The smallest absolute Gasteiger partial charge is 0.222 e. The maximum Gasteiger partial charge on any atom is 0.222 e. The number of aryl methyl sites for hydroxylation is 1. The molecule has 0 unspecified atom stereocenters. The molecule has 1 amide bonds. The molecule has 0 fully saturated rings. The van der Waals surface area contributed by atoms with Gasteiger partial charge < -0.3 is 9.88 Å². The molecule has 3 heterocycles. The van der Waals surface area contributed by atoms with E-state index < -0.39 is 0 Å². The first kappa shape index (κ1) is 15.5. The van der Waals surface area contributed by atoms with E-state index >= 15 is 0 Å². The monoisotopic (exact) mass is 329 g/mol. The van der Waals surface area contributed by atoms with E-state index in [-0.39, 0.29) is 11.9 Å². The third-order valence-electron chi connectivity index (χ3n) is 3.61. The second kappa shape index (κ2) is 7.23. The van der Waals surface area contributed by atoms with E-state index in [0.717, 1.165) is 11.4 Å². The number of carbonyl (C=O) groups is 1. The molecule has 0 aliphatic heterocycles. The van der Waals surface area contributed by atoms with Crippen LogP contribution in [0.2, 0.25) is 0 Å². The van der Waals surface area contributed by atoms with Gasteiger partial charge in [0, 0.05) is 32.4 Å². The Morgan fingerprint density at radius 2 is 2.22 bits per heavy atom. The number of hydrogen-bond acceptors (Lipinski definition) is 4. The van der Waals surface area contributed by atoms with Crippen LogP contribution in [0.15, 0.2) is 47.7 Å². The Labute approximate surface area is 138 Å². The van der Waals surface area contributed by atoms with Gasteiger partial charge in [0.05, 0.1) is 12.5 Å². The van der Waals surface area contributed by atoms with Gasteiger partial charge >= 0.3 is 0 Å². The summed E-state index contributed by atoms with van der Waals surface area (Å²) in [5, 5.41) is 11.3. The highest BCUT2D eigenvalue weighted by Crippen LogP contribution is 2.24. The molecule has 1 N–H and O–H groups in total. The zero-order valence-corrected chi connectivity index (χ0v) is 13.7. The van der Waals surface area contributed by atoms with Crippen LogP contribution in [-0.2, 0) is 18.3 Å². The maximum atomic E-state index is 12.3. The Balaban J connectivity index is 1.56. The van der Waals surface area contributed by atoms with Crippen molar-refractivity contribution in [1.82, 2.24) is 24.6 Å². The Bertz CT molecular complexity index is 698. The summed E-state index contributed by atoms with van der Waals surface area (Å²) in [4.78, 5) is 16.4. The lowest BCUT2D eigenvalue weighted by Gasteiger charge is -2.17. The third-order valence-corrected chi connectivity index (χ3v) is 4.31. The summed E-state index contributed by atoms with van der Waals surface area (Å²) in [6.45, 7) is 0.547. The minimum absolute atomic E-state index is 0.0317. The van der Waals surface area contributed by atoms with Gasteiger partial charge in [-0.15, -0.1) is 0 Å². The Morgan fingerprint density at radius 3 is 2.87 bits per heavy atom. The van der Waals surface area contributed by atoms with Gasteiger partial charge in [0.15, 0.2) is 5.82 Å². The molecule has 0 aromatic carbocycles. The quantitative estimate of drug-likeness (QED) is 0.721. The van der Waals surface area contributed by atoms with Crippen LogP contribution >= 0.6 is 11.3 Å². The molecule has 0 radical (unpaired) electrons. The molecule has 120 valence electrons. The number of rotatable bonds is 7. The lowest BCUT2D eigenvalue weighted by molar-refractivity contribution is -0.121. The highest BCUT2D eigenvalue weighted by Gasteiger charge is 2.17. The molecule has 0 aliphatic rings. The van der Waals surface area contributed by atoms with Gasteiger partial charge in [-0.1, -0.05) is 0 Å². The molecular formula is C16H19N5OS. The Kier molecular flexibility index (Phi) is 4.87. The number of hydrogen-bond donors (Lipinski definition) is 1. The summed E-state index contributed by atoms with van der Waals surface area (Å²) in [6, 6.07) is 6.05. The lowest BCUT2D eigenvalue weighted by Crippen LogP contribution is -2.28. The van der Waals surface area contributed by atoms with Crippen molar-refractivity contribution >= 4 is 17.2 Å². The minimum atomic E-state index is 0.0317. The van der Waals surface area contributed by atoms with Crippen LogP contribution in [0.3, 0.4) is 0 Å². The van der Waals surface area contributed by atoms with Gasteiger partial charge in [-0.25, -0.2) is 4.98 Å².